The molecule has 1 aliphatic heterocycles. The molecule has 5 nitrogen and oxygen atoms in total. The normalized spacial score (nSPS) is 16.4. The molecule has 1 N–H and O–H groups in total. The number of aromatic nitrogens is 1. The number of carbonyl (C=O) groups is 2. The van der Waals surface area contributed by atoms with Crippen LogP contribution in [0.4, 0.5) is 26.3 Å². The van der Waals surface area contributed by atoms with Crippen LogP contribution in [0.1, 0.15) is 32.6 Å². The lowest BCUT2D eigenvalue weighted by Gasteiger charge is -2.41. The molecule has 2 heterocycles. The molecule has 42 heavy (non-hydrogen) atoms. The van der Waals surface area contributed by atoms with Crippen LogP contribution < -0.4 is 0 Å². The predicted octanol–water partition coefficient (Wildman–Crippen LogP) is 6.81. The van der Waals surface area contributed by atoms with Gasteiger partial charge in [0, 0.05) is 48.4 Å². The van der Waals surface area contributed by atoms with Crippen molar-refractivity contribution >= 4 is 28.8 Å². The molecular weight excluding hydrogens is 560 g/mol. The molecule has 218 valence electrons. The maximum Gasteiger partial charge on any atom is 0.416 e. The van der Waals surface area contributed by atoms with Crippen molar-refractivity contribution in [3.8, 4) is 0 Å². The number of amides is 2. The van der Waals surface area contributed by atoms with E-state index >= 15 is 0 Å². The Hall–Kier alpha value is -4.54. The van der Waals surface area contributed by atoms with Gasteiger partial charge >= 0.3 is 12.4 Å². The zero-order chi connectivity index (χ0) is 30.1. The quantitative estimate of drug-likeness (QED) is 0.207. The van der Waals surface area contributed by atoms with Gasteiger partial charge in [0.25, 0.3) is 5.91 Å². The topological polar surface area (TPSA) is 56.4 Å². The first-order valence-corrected chi connectivity index (χ1v) is 13.1. The number of nitrogens with zero attached hydrogens (tertiary/aromatic N) is 2. The molecule has 4 aromatic rings. The van der Waals surface area contributed by atoms with Gasteiger partial charge in [0.05, 0.1) is 17.2 Å². The molecule has 0 radical (unpaired) electrons. The van der Waals surface area contributed by atoms with Crippen molar-refractivity contribution in [2.24, 2.45) is 0 Å². The summed E-state index contributed by atoms with van der Waals surface area (Å²) in [6, 6.07) is 16.7. The Kier molecular flexibility index (Phi) is 7.85. The number of rotatable bonds is 5. The van der Waals surface area contributed by atoms with Gasteiger partial charge in [0.2, 0.25) is 5.91 Å². The van der Waals surface area contributed by atoms with Crippen LogP contribution in [0.15, 0.2) is 85.1 Å². The molecule has 1 aliphatic rings. The molecule has 11 heteroatoms. The van der Waals surface area contributed by atoms with E-state index in [4.69, 9.17) is 0 Å². The summed E-state index contributed by atoms with van der Waals surface area (Å²) in [7, 11) is 0. The van der Waals surface area contributed by atoms with Crippen LogP contribution in [0.5, 0.6) is 0 Å². The predicted molar refractivity (Wildman–Crippen MR) is 145 cm³/mol. The Morgan fingerprint density at radius 1 is 0.857 bits per heavy atom. The van der Waals surface area contributed by atoms with E-state index in [1.165, 1.54) is 15.9 Å². The number of alkyl halides is 6. The summed E-state index contributed by atoms with van der Waals surface area (Å²) in [5.41, 5.74) is -1.33. The van der Waals surface area contributed by atoms with E-state index in [2.05, 4.69) is 4.98 Å². The van der Waals surface area contributed by atoms with Gasteiger partial charge in [0.15, 0.2) is 0 Å². The largest absolute Gasteiger partial charge is 0.416 e. The second-order valence-corrected chi connectivity index (χ2v) is 10.0. The van der Waals surface area contributed by atoms with Gasteiger partial charge in [-0.3, -0.25) is 9.59 Å². The van der Waals surface area contributed by atoms with Crippen LogP contribution >= 0.6 is 0 Å². The van der Waals surface area contributed by atoms with E-state index < -0.39 is 41.0 Å². The fourth-order valence-electron chi connectivity index (χ4n) is 5.13. The summed E-state index contributed by atoms with van der Waals surface area (Å²) >= 11 is 0. The minimum atomic E-state index is -5.08. The van der Waals surface area contributed by atoms with Gasteiger partial charge in [-0.15, -0.1) is 0 Å². The van der Waals surface area contributed by atoms with Crippen molar-refractivity contribution in [3.63, 3.8) is 0 Å². The first kappa shape index (κ1) is 29.0. The Bertz CT molecular complexity index is 1590. The average molecular weight is 586 g/mol. The van der Waals surface area contributed by atoms with Crippen LogP contribution in [0.3, 0.4) is 0 Å². The standard InChI is InChI=1S/C31H25F6N3O2/c32-30(33,34)23-15-22(16-24(17-23)31(35,36)37)29(42)40-13-12-39(19-25(40)14-20-6-2-1-3-7-20)28(41)11-10-21-18-38-27-9-5-4-8-26(21)27/h1-11,15-18,25,38H,12-14,19H2/b11-10+/t25-/m1/s1. The van der Waals surface area contributed by atoms with E-state index in [1.807, 2.05) is 24.3 Å². The fourth-order valence-corrected chi connectivity index (χ4v) is 5.13. The number of nitrogens with one attached hydrogen (secondary N) is 1. The zero-order valence-electron chi connectivity index (χ0n) is 22.0. The molecule has 1 saturated heterocycles. The van der Waals surface area contributed by atoms with Gasteiger partial charge in [-0.25, -0.2) is 0 Å². The summed E-state index contributed by atoms with van der Waals surface area (Å²) in [5, 5.41) is 0.929. The number of hydrogen-bond acceptors (Lipinski definition) is 2. The van der Waals surface area contributed by atoms with Crippen LogP contribution in [0, 0.1) is 0 Å². The molecular formula is C31H25F6N3O2. The van der Waals surface area contributed by atoms with Crippen molar-refractivity contribution in [2.75, 3.05) is 19.6 Å². The lowest BCUT2D eigenvalue weighted by Crippen LogP contribution is -2.57. The van der Waals surface area contributed by atoms with Crippen molar-refractivity contribution in [3.05, 3.63) is 113 Å². The molecule has 2 amide bonds. The highest BCUT2D eigenvalue weighted by Crippen LogP contribution is 2.37. The lowest BCUT2D eigenvalue weighted by molar-refractivity contribution is -0.143. The maximum absolute atomic E-state index is 13.5. The van der Waals surface area contributed by atoms with E-state index in [0.717, 1.165) is 22.0 Å². The third-order valence-corrected chi connectivity index (χ3v) is 7.23. The van der Waals surface area contributed by atoms with Gasteiger partial charge in [-0.05, 0) is 47.9 Å². The summed E-state index contributed by atoms with van der Waals surface area (Å²) in [4.78, 5) is 32.6. The second-order valence-electron chi connectivity index (χ2n) is 10.0. The van der Waals surface area contributed by atoms with Gasteiger partial charge in [0.1, 0.15) is 0 Å². The number of fused-ring (bicyclic) bond motifs is 1. The van der Waals surface area contributed by atoms with Crippen LogP contribution in [-0.2, 0) is 23.6 Å². The van der Waals surface area contributed by atoms with Gasteiger partial charge in [-0.1, -0.05) is 48.5 Å². The zero-order valence-corrected chi connectivity index (χ0v) is 22.0. The third kappa shape index (κ3) is 6.35. The van der Waals surface area contributed by atoms with Crippen molar-refractivity contribution < 1.29 is 35.9 Å². The highest BCUT2D eigenvalue weighted by Gasteiger charge is 2.39. The molecule has 0 bridgehead atoms. The van der Waals surface area contributed by atoms with E-state index in [-0.39, 0.29) is 38.0 Å². The molecule has 5 rings (SSSR count). The van der Waals surface area contributed by atoms with Crippen LogP contribution in [0.2, 0.25) is 0 Å². The number of piperazine rings is 1. The van der Waals surface area contributed by atoms with Crippen LogP contribution in [-0.4, -0.2) is 52.3 Å². The Balaban J connectivity index is 1.42. The molecule has 0 spiro atoms. The van der Waals surface area contributed by atoms with Crippen LogP contribution in [0.25, 0.3) is 17.0 Å². The highest BCUT2D eigenvalue weighted by molar-refractivity contribution is 5.97. The SMILES string of the molecule is O=C(/C=C/c1c[nH]c2ccccc12)N1CCN(C(=O)c2cc(C(F)(F)F)cc(C(F)(F)F)c2)[C@H](Cc2ccccc2)C1. The smallest absolute Gasteiger partial charge is 0.361 e. The molecule has 0 saturated carbocycles. The summed E-state index contributed by atoms with van der Waals surface area (Å²) in [6.07, 6.45) is -5.06. The number of benzene rings is 3. The Morgan fingerprint density at radius 2 is 1.50 bits per heavy atom. The summed E-state index contributed by atoms with van der Waals surface area (Å²) < 4.78 is 80.8. The molecule has 0 aliphatic carbocycles. The third-order valence-electron chi connectivity index (χ3n) is 7.23. The van der Waals surface area contributed by atoms with Gasteiger partial charge < -0.3 is 14.8 Å². The molecule has 1 aromatic heterocycles. The fraction of sp³-hybridized carbons (Fsp3) is 0.226. The average Bonchev–Trinajstić information content (AvgIpc) is 3.38. The van der Waals surface area contributed by atoms with Gasteiger partial charge in [-0.2, -0.15) is 26.3 Å². The first-order valence-electron chi connectivity index (χ1n) is 13.1. The monoisotopic (exact) mass is 585 g/mol. The number of para-hydroxylation sites is 1. The Labute approximate surface area is 237 Å². The number of aromatic amines is 1. The van der Waals surface area contributed by atoms with Crippen molar-refractivity contribution in [1.82, 2.24) is 14.8 Å². The molecule has 1 fully saturated rings. The Morgan fingerprint density at radius 3 is 2.17 bits per heavy atom. The second kappa shape index (κ2) is 11.4. The number of halogens is 6. The van der Waals surface area contributed by atoms with Crippen molar-refractivity contribution in [2.45, 2.75) is 24.8 Å². The first-order chi connectivity index (χ1) is 19.9. The highest BCUT2D eigenvalue weighted by atomic mass is 19.4. The number of hydrogen-bond donors (Lipinski definition) is 1. The maximum atomic E-state index is 13.5. The molecule has 0 unspecified atom stereocenters. The minimum Gasteiger partial charge on any atom is -0.361 e. The molecule has 1 atom stereocenters. The summed E-state index contributed by atoms with van der Waals surface area (Å²) in [5.74, 6) is -1.29. The lowest BCUT2D eigenvalue weighted by atomic mass is 9.99. The summed E-state index contributed by atoms with van der Waals surface area (Å²) in [6.45, 7) is 0.0303. The van der Waals surface area contributed by atoms with E-state index in [1.54, 1.807) is 42.6 Å². The van der Waals surface area contributed by atoms with Crippen molar-refractivity contribution in [1.29, 1.82) is 0 Å². The molecule has 3 aromatic carbocycles. The number of H-pyrrole nitrogens is 1. The minimum absolute atomic E-state index is 0.00508. The van der Waals surface area contributed by atoms with E-state index in [0.29, 0.717) is 12.1 Å². The van der Waals surface area contributed by atoms with E-state index in [9.17, 15) is 35.9 Å². The number of carbonyl (C=O) groups excluding carboxylic acids is 2.